The molecule has 0 unspecified atom stereocenters. The lowest BCUT2D eigenvalue weighted by atomic mass is 9.94. The number of hydrogen-bond acceptors (Lipinski definition) is 3. The molecule has 2 aliphatic rings. The van der Waals surface area contributed by atoms with Gasteiger partial charge < -0.3 is 14.2 Å². The van der Waals surface area contributed by atoms with Gasteiger partial charge in [0.15, 0.2) is 5.79 Å². The molecule has 0 bridgehead atoms. The summed E-state index contributed by atoms with van der Waals surface area (Å²) in [5.74, 6) is -0.471. The number of benzene rings is 2. The highest BCUT2D eigenvalue weighted by molar-refractivity contribution is 14.1. The molecule has 4 atom stereocenters. The Morgan fingerprint density at radius 1 is 0.885 bits per heavy atom. The second-order valence-corrected chi connectivity index (χ2v) is 7.97. The Hall–Kier alpha value is -0.950. The van der Waals surface area contributed by atoms with Crippen LogP contribution in [-0.4, -0.2) is 22.9 Å². The van der Waals surface area contributed by atoms with E-state index >= 15 is 0 Å². The quantitative estimate of drug-likeness (QED) is 0.437. The molecule has 0 aliphatic carbocycles. The zero-order valence-corrected chi connectivity index (χ0v) is 17.0. The summed E-state index contributed by atoms with van der Waals surface area (Å²) in [6.45, 7) is 0.785. The topological polar surface area (TPSA) is 27.7 Å². The molecule has 0 amide bonds. The van der Waals surface area contributed by atoms with Crippen LogP contribution in [0.25, 0.3) is 0 Å². The van der Waals surface area contributed by atoms with Gasteiger partial charge in [-0.25, -0.2) is 0 Å². The highest BCUT2D eigenvalue weighted by Gasteiger charge is 2.44. The van der Waals surface area contributed by atoms with E-state index in [-0.39, 0.29) is 18.3 Å². The smallest absolute Gasteiger partial charge is 0.169 e. The predicted molar refractivity (Wildman–Crippen MR) is 110 cm³/mol. The Labute approximate surface area is 169 Å². The van der Waals surface area contributed by atoms with Gasteiger partial charge in [-0.2, -0.15) is 0 Å². The lowest BCUT2D eigenvalue weighted by molar-refractivity contribution is -0.279. The van der Waals surface area contributed by atoms with Crippen molar-refractivity contribution >= 4 is 22.6 Å². The van der Waals surface area contributed by atoms with Crippen molar-refractivity contribution in [2.24, 2.45) is 0 Å². The highest BCUT2D eigenvalue weighted by atomic mass is 127. The van der Waals surface area contributed by atoms with Crippen molar-refractivity contribution in [1.29, 1.82) is 0 Å². The maximum atomic E-state index is 6.74. The Kier molecular flexibility index (Phi) is 5.93. The molecule has 3 nitrogen and oxygen atoms in total. The number of halogens is 1. The van der Waals surface area contributed by atoms with Gasteiger partial charge in [0, 0.05) is 17.3 Å². The van der Waals surface area contributed by atoms with Gasteiger partial charge in [-0.05, 0) is 24.0 Å². The molecule has 26 heavy (non-hydrogen) atoms. The first-order valence-electron chi connectivity index (χ1n) is 9.43. The van der Waals surface area contributed by atoms with Gasteiger partial charge >= 0.3 is 0 Å². The highest BCUT2D eigenvalue weighted by Crippen LogP contribution is 2.46. The zero-order valence-electron chi connectivity index (χ0n) is 14.9. The van der Waals surface area contributed by atoms with Crippen LogP contribution in [0.2, 0.25) is 0 Å². The maximum Gasteiger partial charge on any atom is 0.169 e. The first-order chi connectivity index (χ1) is 12.8. The lowest BCUT2D eigenvalue weighted by Gasteiger charge is -2.41. The Bertz CT molecular complexity index is 685. The van der Waals surface area contributed by atoms with Crippen LogP contribution in [0.5, 0.6) is 0 Å². The van der Waals surface area contributed by atoms with Crippen LogP contribution in [0.15, 0.2) is 60.7 Å². The third-order valence-electron chi connectivity index (χ3n) is 5.30. The molecule has 0 saturated carbocycles. The van der Waals surface area contributed by atoms with Gasteiger partial charge in [0.2, 0.25) is 0 Å². The van der Waals surface area contributed by atoms with Crippen LogP contribution in [0.4, 0.5) is 0 Å². The molecule has 2 aliphatic heterocycles. The van der Waals surface area contributed by atoms with Crippen molar-refractivity contribution in [2.45, 2.75) is 49.8 Å². The third-order valence-corrected chi connectivity index (χ3v) is 6.28. The molecule has 2 aromatic carbocycles. The molecule has 2 fully saturated rings. The number of ether oxygens (including phenoxy) is 3. The van der Waals surface area contributed by atoms with Gasteiger partial charge in [0.1, 0.15) is 12.2 Å². The van der Waals surface area contributed by atoms with Gasteiger partial charge in [-0.3, -0.25) is 0 Å². The van der Waals surface area contributed by atoms with Crippen molar-refractivity contribution in [3.05, 3.63) is 71.8 Å². The summed E-state index contributed by atoms with van der Waals surface area (Å²) in [7, 11) is 0. The average molecular weight is 464 g/mol. The fraction of sp³-hybridized carbons (Fsp3) is 0.455. The first-order valence-corrected chi connectivity index (χ1v) is 11.0. The summed E-state index contributed by atoms with van der Waals surface area (Å²) in [6.07, 6.45) is 3.78. The van der Waals surface area contributed by atoms with E-state index in [1.165, 1.54) is 0 Å². The minimum Gasteiger partial charge on any atom is -0.366 e. The Morgan fingerprint density at radius 2 is 1.54 bits per heavy atom. The van der Waals surface area contributed by atoms with E-state index in [0.717, 1.165) is 47.8 Å². The second kappa shape index (κ2) is 8.38. The predicted octanol–water partition coefficient (Wildman–Crippen LogP) is 5.61. The summed E-state index contributed by atoms with van der Waals surface area (Å²) >= 11 is 2.43. The molecule has 4 heteroatoms. The van der Waals surface area contributed by atoms with E-state index in [1.807, 2.05) is 12.1 Å². The van der Waals surface area contributed by atoms with Gasteiger partial charge in [0.25, 0.3) is 0 Å². The Morgan fingerprint density at radius 3 is 2.12 bits per heavy atom. The van der Waals surface area contributed by atoms with E-state index in [9.17, 15) is 0 Å². The summed E-state index contributed by atoms with van der Waals surface area (Å²) in [6, 6.07) is 20.9. The Balaban J connectivity index is 1.76. The fourth-order valence-electron chi connectivity index (χ4n) is 3.94. The second-order valence-electron chi connectivity index (χ2n) is 7.09. The number of hydrogen-bond donors (Lipinski definition) is 0. The minimum atomic E-state index is -0.471. The molecule has 0 aromatic heterocycles. The normalized spacial score (nSPS) is 32.3. The van der Waals surface area contributed by atoms with E-state index < -0.39 is 5.79 Å². The average Bonchev–Trinajstić information content (AvgIpc) is 3.16. The molecule has 0 radical (unpaired) electrons. The molecule has 2 heterocycles. The van der Waals surface area contributed by atoms with Crippen LogP contribution in [0, 0.1) is 0 Å². The number of alkyl halides is 1. The largest absolute Gasteiger partial charge is 0.366 e. The fourth-order valence-corrected chi connectivity index (χ4v) is 4.58. The molecular weight excluding hydrogens is 439 g/mol. The molecular formula is C22H25IO3. The van der Waals surface area contributed by atoms with Crippen LogP contribution in [0.3, 0.4) is 0 Å². The summed E-state index contributed by atoms with van der Waals surface area (Å²) in [4.78, 5) is 0. The lowest BCUT2D eigenvalue weighted by Crippen LogP contribution is -2.40. The van der Waals surface area contributed by atoms with Crippen LogP contribution in [0.1, 0.15) is 49.0 Å². The third kappa shape index (κ3) is 3.98. The zero-order chi connectivity index (χ0) is 17.8. The summed E-state index contributed by atoms with van der Waals surface area (Å²) in [5, 5.41) is 0. The monoisotopic (exact) mass is 464 g/mol. The van der Waals surface area contributed by atoms with Crippen molar-refractivity contribution in [3.8, 4) is 0 Å². The minimum absolute atomic E-state index is 0.139. The first kappa shape index (κ1) is 18.4. The molecule has 2 aromatic rings. The molecule has 138 valence electrons. The molecule has 1 spiro atoms. The van der Waals surface area contributed by atoms with Crippen molar-refractivity contribution in [2.75, 3.05) is 11.0 Å². The van der Waals surface area contributed by atoms with Gasteiger partial charge in [0.05, 0.1) is 12.7 Å². The van der Waals surface area contributed by atoms with Crippen LogP contribution >= 0.6 is 22.6 Å². The standard InChI is InChI=1S/C22H25IO3/c23-16-19-12-14-22(13-7-15-24-22)26-21(18-10-5-2-6-11-18)20(25-19)17-8-3-1-4-9-17/h1-6,8-11,19-21H,7,12-16H2/t19-,20-,21-,22-/m1/s1. The van der Waals surface area contributed by atoms with Crippen LogP contribution < -0.4 is 0 Å². The molecule has 2 saturated heterocycles. The van der Waals surface area contributed by atoms with E-state index in [0.29, 0.717) is 0 Å². The van der Waals surface area contributed by atoms with Gasteiger partial charge in [-0.1, -0.05) is 83.3 Å². The van der Waals surface area contributed by atoms with Crippen LogP contribution in [-0.2, 0) is 14.2 Å². The SMILES string of the molecule is IC[C@H]1CC[C@@]2(CCCO2)O[C@H](c2ccccc2)[C@@H](c2ccccc2)O1. The van der Waals surface area contributed by atoms with Gasteiger partial charge in [-0.15, -0.1) is 0 Å². The maximum absolute atomic E-state index is 6.74. The summed E-state index contributed by atoms with van der Waals surface area (Å²) < 4.78 is 20.5. The molecule has 0 N–H and O–H groups in total. The summed E-state index contributed by atoms with van der Waals surface area (Å²) in [5.41, 5.74) is 2.30. The number of rotatable bonds is 3. The van der Waals surface area contributed by atoms with E-state index in [2.05, 4.69) is 71.1 Å². The van der Waals surface area contributed by atoms with Crippen molar-refractivity contribution in [3.63, 3.8) is 0 Å². The van der Waals surface area contributed by atoms with E-state index in [1.54, 1.807) is 0 Å². The molecule has 4 rings (SSSR count). The van der Waals surface area contributed by atoms with E-state index in [4.69, 9.17) is 14.2 Å². The van der Waals surface area contributed by atoms with Crippen molar-refractivity contribution < 1.29 is 14.2 Å². The van der Waals surface area contributed by atoms with Crippen molar-refractivity contribution in [1.82, 2.24) is 0 Å².